The number of likely N-dealkylation sites (tertiary alicyclic amines) is 1. The standard InChI is InChI=1S/C18H19F3N6O2S2/c1-10-14(8-27(25-10)11-6-26(2)7-11)23-17-22-5-13(18(19,20)21)16(24-17)15-4-12(9-30-15)31(3,28)29/h4-5,8-9,11H,6-7H2,1-3H3,(H,22,23,24). The van der Waals surface area contributed by atoms with E-state index in [1.165, 1.54) is 11.4 Å². The molecule has 1 N–H and O–H groups in total. The first-order valence-electron chi connectivity index (χ1n) is 9.16. The molecule has 1 aliphatic rings. The Balaban J connectivity index is 1.69. The molecule has 0 spiro atoms. The van der Waals surface area contributed by atoms with Crippen molar-refractivity contribution in [3.05, 3.63) is 35.1 Å². The lowest BCUT2D eigenvalue weighted by Crippen LogP contribution is -2.45. The summed E-state index contributed by atoms with van der Waals surface area (Å²) in [4.78, 5) is 10.1. The number of nitrogens with one attached hydrogen (secondary N) is 1. The molecule has 3 aromatic heterocycles. The van der Waals surface area contributed by atoms with Crippen LogP contribution in [0.3, 0.4) is 0 Å². The van der Waals surface area contributed by atoms with E-state index in [9.17, 15) is 21.6 Å². The summed E-state index contributed by atoms with van der Waals surface area (Å²) >= 11 is 0.878. The lowest BCUT2D eigenvalue weighted by atomic mass is 10.1. The molecule has 0 bridgehead atoms. The van der Waals surface area contributed by atoms with Crippen molar-refractivity contribution in [2.45, 2.75) is 24.0 Å². The van der Waals surface area contributed by atoms with E-state index in [1.54, 1.807) is 13.1 Å². The number of aromatic nitrogens is 4. The Bertz CT molecular complexity index is 1230. The van der Waals surface area contributed by atoms with Crippen molar-refractivity contribution in [2.75, 3.05) is 31.7 Å². The minimum absolute atomic E-state index is 0.0364. The summed E-state index contributed by atoms with van der Waals surface area (Å²) in [5.41, 5.74) is -0.168. The predicted molar refractivity (Wildman–Crippen MR) is 110 cm³/mol. The average Bonchev–Trinajstić information content (AvgIpc) is 3.25. The topological polar surface area (TPSA) is 93.0 Å². The van der Waals surface area contributed by atoms with Crippen molar-refractivity contribution in [3.63, 3.8) is 0 Å². The molecule has 0 aliphatic carbocycles. The van der Waals surface area contributed by atoms with Crippen LogP contribution in [0.5, 0.6) is 0 Å². The number of sulfone groups is 1. The number of thiophene rings is 1. The molecule has 0 amide bonds. The first-order chi connectivity index (χ1) is 14.4. The van der Waals surface area contributed by atoms with E-state index in [4.69, 9.17) is 0 Å². The van der Waals surface area contributed by atoms with E-state index < -0.39 is 21.6 Å². The molecule has 13 heteroatoms. The maximum atomic E-state index is 13.5. The summed E-state index contributed by atoms with van der Waals surface area (Å²) in [6, 6.07) is 1.43. The molecule has 0 aromatic carbocycles. The number of aryl methyl sites for hydroxylation is 1. The Labute approximate surface area is 180 Å². The Hall–Kier alpha value is -2.51. The van der Waals surface area contributed by atoms with Gasteiger partial charge in [0.05, 0.1) is 32.9 Å². The fourth-order valence-electron chi connectivity index (χ4n) is 3.22. The number of nitrogens with zero attached hydrogens (tertiary/aromatic N) is 5. The van der Waals surface area contributed by atoms with Crippen LogP contribution in [0.2, 0.25) is 0 Å². The van der Waals surface area contributed by atoms with Crippen LogP contribution in [-0.4, -0.2) is 59.5 Å². The number of alkyl halides is 3. The van der Waals surface area contributed by atoms with E-state index in [0.29, 0.717) is 17.6 Å². The predicted octanol–water partition coefficient (Wildman–Crippen LogP) is 3.36. The molecule has 0 radical (unpaired) electrons. The molecular formula is C18H19F3N6O2S2. The van der Waals surface area contributed by atoms with E-state index in [-0.39, 0.29) is 27.5 Å². The summed E-state index contributed by atoms with van der Waals surface area (Å²) in [5.74, 6) is -0.0364. The number of likely N-dealkylation sites (N-methyl/N-ethyl adjacent to an activating group) is 1. The van der Waals surface area contributed by atoms with Gasteiger partial charge in [0.2, 0.25) is 5.95 Å². The molecule has 4 rings (SSSR count). The highest BCUT2D eigenvalue weighted by Gasteiger charge is 2.36. The van der Waals surface area contributed by atoms with Crippen LogP contribution in [0.4, 0.5) is 24.8 Å². The van der Waals surface area contributed by atoms with Gasteiger partial charge in [0.15, 0.2) is 9.84 Å². The third-order valence-electron chi connectivity index (χ3n) is 4.91. The van der Waals surface area contributed by atoms with E-state index in [0.717, 1.165) is 30.7 Å². The second kappa shape index (κ2) is 7.57. The number of hydrogen-bond acceptors (Lipinski definition) is 8. The van der Waals surface area contributed by atoms with Gasteiger partial charge in [-0.2, -0.15) is 18.3 Å². The van der Waals surface area contributed by atoms with Crippen LogP contribution in [0, 0.1) is 6.92 Å². The lowest BCUT2D eigenvalue weighted by molar-refractivity contribution is -0.137. The van der Waals surface area contributed by atoms with Crippen molar-refractivity contribution >= 4 is 32.8 Å². The van der Waals surface area contributed by atoms with Crippen LogP contribution < -0.4 is 5.32 Å². The fourth-order valence-corrected chi connectivity index (χ4v) is 5.24. The van der Waals surface area contributed by atoms with Crippen LogP contribution in [0.25, 0.3) is 10.6 Å². The zero-order valence-corrected chi connectivity index (χ0v) is 18.4. The quantitative estimate of drug-likeness (QED) is 0.609. The Morgan fingerprint density at radius 3 is 2.58 bits per heavy atom. The highest BCUT2D eigenvalue weighted by molar-refractivity contribution is 7.90. The molecule has 1 aliphatic heterocycles. The third-order valence-corrected chi connectivity index (χ3v) is 7.09. The minimum atomic E-state index is -4.69. The van der Waals surface area contributed by atoms with Gasteiger partial charge in [-0.05, 0) is 20.0 Å². The zero-order valence-electron chi connectivity index (χ0n) is 16.8. The minimum Gasteiger partial charge on any atom is -0.321 e. The molecule has 1 fully saturated rings. The average molecular weight is 473 g/mol. The second-order valence-electron chi connectivity index (χ2n) is 7.48. The van der Waals surface area contributed by atoms with Gasteiger partial charge in [0.25, 0.3) is 0 Å². The van der Waals surface area contributed by atoms with Crippen molar-refractivity contribution in [2.24, 2.45) is 0 Å². The Morgan fingerprint density at radius 2 is 2.00 bits per heavy atom. The van der Waals surface area contributed by atoms with Gasteiger partial charge in [-0.15, -0.1) is 11.3 Å². The van der Waals surface area contributed by atoms with Gasteiger partial charge in [-0.1, -0.05) is 0 Å². The molecule has 166 valence electrons. The normalized spacial score (nSPS) is 15.8. The first-order valence-corrected chi connectivity index (χ1v) is 11.9. The van der Waals surface area contributed by atoms with E-state index >= 15 is 0 Å². The molecule has 8 nitrogen and oxygen atoms in total. The summed E-state index contributed by atoms with van der Waals surface area (Å²) in [6.45, 7) is 3.51. The van der Waals surface area contributed by atoms with E-state index in [2.05, 4.69) is 25.3 Å². The maximum absolute atomic E-state index is 13.5. The maximum Gasteiger partial charge on any atom is 0.420 e. The molecule has 0 atom stereocenters. The summed E-state index contributed by atoms with van der Waals surface area (Å²) in [6.07, 6.45) is -1.22. The Morgan fingerprint density at radius 1 is 1.29 bits per heavy atom. The van der Waals surface area contributed by atoms with Gasteiger partial charge >= 0.3 is 6.18 Å². The molecule has 3 aromatic rings. The Kier molecular flexibility index (Phi) is 5.30. The fraction of sp³-hybridized carbons (Fsp3) is 0.389. The highest BCUT2D eigenvalue weighted by Crippen LogP contribution is 2.39. The first kappa shape index (κ1) is 21.7. The van der Waals surface area contributed by atoms with Gasteiger partial charge in [-0.25, -0.2) is 18.4 Å². The lowest BCUT2D eigenvalue weighted by Gasteiger charge is -2.36. The molecule has 0 unspecified atom stereocenters. The molecule has 31 heavy (non-hydrogen) atoms. The number of halogens is 3. The van der Waals surface area contributed by atoms with Gasteiger partial charge in [0, 0.05) is 37.1 Å². The van der Waals surface area contributed by atoms with Crippen molar-refractivity contribution in [1.82, 2.24) is 24.6 Å². The van der Waals surface area contributed by atoms with Crippen molar-refractivity contribution < 1.29 is 21.6 Å². The molecule has 0 saturated carbocycles. The smallest absolute Gasteiger partial charge is 0.321 e. The van der Waals surface area contributed by atoms with Crippen molar-refractivity contribution in [1.29, 1.82) is 0 Å². The van der Waals surface area contributed by atoms with Gasteiger partial charge < -0.3 is 10.2 Å². The van der Waals surface area contributed by atoms with Crippen LogP contribution in [-0.2, 0) is 16.0 Å². The SMILES string of the molecule is Cc1nn(C2CN(C)C2)cc1Nc1ncc(C(F)(F)F)c(-c2cc(S(C)(=O)=O)cs2)n1. The van der Waals surface area contributed by atoms with Crippen LogP contribution in [0.15, 0.2) is 28.7 Å². The highest BCUT2D eigenvalue weighted by atomic mass is 32.2. The van der Waals surface area contributed by atoms with E-state index in [1.807, 2.05) is 11.7 Å². The zero-order chi connectivity index (χ0) is 22.6. The van der Waals surface area contributed by atoms with Crippen LogP contribution >= 0.6 is 11.3 Å². The van der Waals surface area contributed by atoms with Gasteiger partial charge in [0.1, 0.15) is 5.56 Å². The third kappa shape index (κ3) is 4.43. The largest absolute Gasteiger partial charge is 0.420 e. The molecule has 4 heterocycles. The second-order valence-corrected chi connectivity index (χ2v) is 10.4. The summed E-state index contributed by atoms with van der Waals surface area (Å²) < 4.78 is 65.9. The van der Waals surface area contributed by atoms with Gasteiger partial charge in [-0.3, -0.25) is 4.68 Å². The summed E-state index contributed by atoms with van der Waals surface area (Å²) in [5, 5.41) is 8.69. The summed E-state index contributed by atoms with van der Waals surface area (Å²) in [7, 11) is -1.55. The van der Waals surface area contributed by atoms with Crippen molar-refractivity contribution in [3.8, 4) is 10.6 Å². The monoisotopic (exact) mass is 472 g/mol. The molecular weight excluding hydrogens is 453 g/mol. The number of anilines is 2. The number of hydrogen-bond donors (Lipinski definition) is 1. The van der Waals surface area contributed by atoms with Crippen LogP contribution in [0.1, 0.15) is 17.3 Å². The number of rotatable bonds is 5. The molecule has 1 saturated heterocycles.